The quantitative estimate of drug-likeness (QED) is 0.542. The highest BCUT2D eigenvalue weighted by molar-refractivity contribution is 6.30. The van der Waals surface area contributed by atoms with Crippen molar-refractivity contribution in [3.8, 4) is 0 Å². The Bertz CT molecular complexity index is 753. The molecule has 3 aromatic rings. The number of carbonyl (C=O) groups is 1. The first-order chi connectivity index (χ1) is 9.74. The van der Waals surface area contributed by atoms with E-state index in [1.807, 2.05) is 30.3 Å². The predicted molar refractivity (Wildman–Crippen MR) is 74.6 cm³/mol. The number of esters is 1. The van der Waals surface area contributed by atoms with E-state index in [0.717, 1.165) is 10.9 Å². The minimum Gasteiger partial charge on any atom is -0.472 e. The fourth-order valence-corrected chi connectivity index (χ4v) is 2.04. The van der Waals surface area contributed by atoms with E-state index in [4.69, 9.17) is 20.8 Å². The van der Waals surface area contributed by atoms with Crippen molar-refractivity contribution in [2.24, 2.45) is 0 Å². The SMILES string of the molecule is O=C(OCc1cc2ccccc2nc1Cl)c1ccoc1. The summed E-state index contributed by atoms with van der Waals surface area (Å²) in [7, 11) is 0. The Morgan fingerprint density at radius 1 is 1.30 bits per heavy atom. The number of para-hydroxylation sites is 1. The van der Waals surface area contributed by atoms with Crippen molar-refractivity contribution in [3.63, 3.8) is 0 Å². The number of nitrogens with zero attached hydrogens (tertiary/aromatic N) is 1. The summed E-state index contributed by atoms with van der Waals surface area (Å²) in [6.45, 7) is 0.0701. The summed E-state index contributed by atoms with van der Waals surface area (Å²) in [5.41, 5.74) is 1.85. The lowest BCUT2D eigenvalue weighted by Gasteiger charge is -2.06. The second-order valence-corrected chi connectivity index (χ2v) is 4.58. The minimum absolute atomic E-state index is 0.0701. The van der Waals surface area contributed by atoms with Crippen LogP contribution in [0.15, 0.2) is 53.3 Å². The van der Waals surface area contributed by atoms with Crippen LogP contribution in [0.25, 0.3) is 10.9 Å². The summed E-state index contributed by atoms with van der Waals surface area (Å²) in [5.74, 6) is -0.456. The fourth-order valence-electron chi connectivity index (χ4n) is 1.84. The molecule has 100 valence electrons. The molecule has 0 N–H and O–H groups in total. The molecule has 0 saturated heterocycles. The first kappa shape index (κ1) is 12.7. The molecule has 2 aromatic heterocycles. The maximum absolute atomic E-state index is 11.7. The number of ether oxygens (including phenoxy) is 1. The summed E-state index contributed by atoms with van der Waals surface area (Å²) in [5, 5.41) is 1.29. The number of furan rings is 1. The van der Waals surface area contributed by atoms with E-state index < -0.39 is 5.97 Å². The average Bonchev–Trinajstić information content (AvgIpc) is 2.99. The third-order valence-corrected chi connectivity index (χ3v) is 3.19. The summed E-state index contributed by atoms with van der Waals surface area (Å²) in [6.07, 6.45) is 2.75. The van der Waals surface area contributed by atoms with Gasteiger partial charge in [0.25, 0.3) is 0 Å². The molecule has 0 fully saturated rings. The Labute approximate surface area is 119 Å². The van der Waals surface area contributed by atoms with E-state index >= 15 is 0 Å². The largest absolute Gasteiger partial charge is 0.472 e. The van der Waals surface area contributed by atoms with Gasteiger partial charge in [-0.3, -0.25) is 0 Å². The number of pyridine rings is 1. The maximum Gasteiger partial charge on any atom is 0.341 e. The summed E-state index contributed by atoms with van der Waals surface area (Å²) in [6, 6.07) is 11.0. The second-order valence-electron chi connectivity index (χ2n) is 4.22. The Kier molecular flexibility index (Phi) is 3.39. The number of carbonyl (C=O) groups excluding carboxylic acids is 1. The van der Waals surface area contributed by atoms with E-state index in [9.17, 15) is 4.79 Å². The van der Waals surface area contributed by atoms with E-state index in [2.05, 4.69) is 4.98 Å². The van der Waals surface area contributed by atoms with Gasteiger partial charge in [0.2, 0.25) is 0 Å². The number of halogens is 1. The molecule has 1 aromatic carbocycles. The molecule has 0 unspecified atom stereocenters. The van der Waals surface area contributed by atoms with Gasteiger partial charge in [-0.25, -0.2) is 9.78 Å². The van der Waals surface area contributed by atoms with Crippen LogP contribution in [0.4, 0.5) is 0 Å². The highest BCUT2D eigenvalue weighted by Crippen LogP contribution is 2.21. The van der Waals surface area contributed by atoms with Gasteiger partial charge in [-0.15, -0.1) is 0 Å². The molecule has 0 bridgehead atoms. The van der Waals surface area contributed by atoms with E-state index in [1.165, 1.54) is 12.5 Å². The predicted octanol–water partition coefficient (Wildman–Crippen LogP) is 3.84. The number of hydrogen-bond donors (Lipinski definition) is 0. The van der Waals surface area contributed by atoms with Crippen LogP contribution < -0.4 is 0 Å². The van der Waals surface area contributed by atoms with Crippen molar-refractivity contribution < 1.29 is 13.9 Å². The lowest BCUT2D eigenvalue weighted by molar-refractivity contribution is 0.0472. The van der Waals surface area contributed by atoms with Gasteiger partial charge in [0, 0.05) is 10.9 Å². The van der Waals surface area contributed by atoms with Crippen LogP contribution in [0, 0.1) is 0 Å². The smallest absolute Gasteiger partial charge is 0.341 e. The van der Waals surface area contributed by atoms with Crippen LogP contribution in [0.2, 0.25) is 5.15 Å². The average molecular weight is 288 g/mol. The molecule has 0 aliphatic carbocycles. The maximum atomic E-state index is 11.7. The first-order valence-electron chi connectivity index (χ1n) is 5.97. The van der Waals surface area contributed by atoms with Crippen molar-refractivity contribution in [2.75, 3.05) is 0 Å². The Morgan fingerprint density at radius 2 is 2.15 bits per heavy atom. The van der Waals surface area contributed by atoms with Gasteiger partial charge in [-0.1, -0.05) is 29.8 Å². The Balaban J connectivity index is 1.80. The Hall–Kier alpha value is -2.33. The highest BCUT2D eigenvalue weighted by Gasteiger charge is 2.11. The van der Waals surface area contributed by atoms with E-state index in [-0.39, 0.29) is 6.61 Å². The topological polar surface area (TPSA) is 52.3 Å². The molecule has 0 amide bonds. The molecular weight excluding hydrogens is 278 g/mol. The zero-order valence-corrected chi connectivity index (χ0v) is 11.1. The van der Waals surface area contributed by atoms with Crippen LogP contribution >= 0.6 is 11.6 Å². The molecular formula is C15H10ClNO3. The molecule has 0 aliphatic heterocycles. The third kappa shape index (κ3) is 2.51. The second kappa shape index (κ2) is 5.35. The molecule has 0 aliphatic rings. The lowest BCUT2D eigenvalue weighted by Crippen LogP contribution is -2.04. The molecule has 20 heavy (non-hydrogen) atoms. The number of aromatic nitrogens is 1. The number of rotatable bonds is 3. The van der Waals surface area contributed by atoms with E-state index in [1.54, 1.807) is 6.07 Å². The van der Waals surface area contributed by atoms with Gasteiger partial charge < -0.3 is 9.15 Å². The van der Waals surface area contributed by atoms with Crippen LogP contribution in [-0.2, 0) is 11.3 Å². The molecule has 0 radical (unpaired) electrons. The molecule has 5 heteroatoms. The fraction of sp³-hybridized carbons (Fsp3) is 0.0667. The van der Waals surface area contributed by atoms with Crippen LogP contribution in [0.5, 0.6) is 0 Å². The van der Waals surface area contributed by atoms with Crippen LogP contribution in [0.3, 0.4) is 0 Å². The zero-order chi connectivity index (χ0) is 13.9. The van der Waals surface area contributed by atoms with Crippen molar-refractivity contribution >= 4 is 28.5 Å². The van der Waals surface area contributed by atoms with Crippen molar-refractivity contribution in [1.82, 2.24) is 4.98 Å². The van der Waals surface area contributed by atoms with Crippen molar-refractivity contribution in [3.05, 3.63) is 65.2 Å². The molecule has 0 spiro atoms. The Morgan fingerprint density at radius 3 is 2.95 bits per heavy atom. The summed E-state index contributed by atoms with van der Waals surface area (Å²) in [4.78, 5) is 16.0. The normalized spacial score (nSPS) is 10.7. The van der Waals surface area contributed by atoms with Gasteiger partial charge in [0.1, 0.15) is 18.0 Å². The van der Waals surface area contributed by atoms with Gasteiger partial charge in [-0.2, -0.15) is 0 Å². The number of fused-ring (bicyclic) bond motifs is 1. The summed E-state index contributed by atoms with van der Waals surface area (Å²) < 4.78 is 10.0. The van der Waals surface area contributed by atoms with Crippen LogP contribution in [0.1, 0.15) is 15.9 Å². The van der Waals surface area contributed by atoms with Crippen molar-refractivity contribution in [1.29, 1.82) is 0 Å². The van der Waals surface area contributed by atoms with Crippen LogP contribution in [-0.4, -0.2) is 11.0 Å². The summed E-state index contributed by atoms with van der Waals surface area (Å²) >= 11 is 6.09. The first-order valence-corrected chi connectivity index (χ1v) is 6.35. The number of benzene rings is 1. The molecule has 4 nitrogen and oxygen atoms in total. The minimum atomic E-state index is -0.456. The van der Waals surface area contributed by atoms with Gasteiger partial charge in [0.15, 0.2) is 0 Å². The van der Waals surface area contributed by atoms with E-state index in [0.29, 0.717) is 16.3 Å². The number of hydrogen-bond acceptors (Lipinski definition) is 4. The zero-order valence-electron chi connectivity index (χ0n) is 10.4. The standard InChI is InChI=1S/C15H10ClNO3/c16-14-12(7-10-3-1-2-4-13(10)17-14)9-20-15(18)11-5-6-19-8-11/h1-8H,9H2. The molecule has 0 saturated carbocycles. The van der Waals surface area contributed by atoms with Crippen molar-refractivity contribution in [2.45, 2.75) is 6.61 Å². The van der Waals surface area contributed by atoms with Gasteiger partial charge in [-0.05, 0) is 18.2 Å². The van der Waals surface area contributed by atoms with Gasteiger partial charge in [0.05, 0.1) is 17.3 Å². The highest BCUT2D eigenvalue weighted by atomic mass is 35.5. The lowest BCUT2D eigenvalue weighted by atomic mass is 10.2. The molecule has 3 rings (SSSR count). The van der Waals surface area contributed by atoms with Gasteiger partial charge >= 0.3 is 5.97 Å². The monoisotopic (exact) mass is 287 g/mol. The molecule has 0 atom stereocenters. The third-order valence-electron chi connectivity index (χ3n) is 2.87. The molecule has 2 heterocycles.